The molecular weight excluding hydrogens is 386 g/mol. The second kappa shape index (κ2) is 8.39. The first kappa shape index (κ1) is 21.4. The number of amides is 1. The number of fused-ring (bicyclic) bond motifs is 1. The summed E-state index contributed by atoms with van der Waals surface area (Å²) < 4.78 is 25.9. The third-order valence-corrected chi connectivity index (χ3v) is 6.47. The lowest BCUT2D eigenvalue weighted by Gasteiger charge is -2.21. The van der Waals surface area contributed by atoms with Gasteiger partial charge in [-0.2, -0.15) is 0 Å². The van der Waals surface area contributed by atoms with Gasteiger partial charge in [-0.05, 0) is 29.7 Å². The number of halogens is 1. The van der Waals surface area contributed by atoms with Crippen molar-refractivity contribution in [2.45, 2.75) is 23.8 Å². The number of sulfonamides is 1. The second-order valence-corrected chi connectivity index (χ2v) is 8.75. The minimum atomic E-state index is -3.54. The van der Waals surface area contributed by atoms with E-state index in [0.717, 1.165) is 11.1 Å². The molecule has 27 heavy (non-hydrogen) atoms. The summed E-state index contributed by atoms with van der Waals surface area (Å²) in [6, 6.07) is 14.1. The molecule has 0 aromatic heterocycles. The molecule has 1 atom stereocenters. The molecule has 2 N–H and O–H groups in total. The van der Waals surface area contributed by atoms with Crippen LogP contribution in [0.1, 0.15) is 23.6 Å². The third-order valence-electron chi connectivity index (χ3n) is 4.65. The zero-order valence-corrected chi connectivity index (χ0v) is 17.0. The molecule has 1 unspecified atom stereocenters. The topological polar surface area (TPSA) is 83.7 Å². The van der Waals surface area contributed by atoms with Crippen molar-refractivity contribution in [2.24, 2.45) is 5.73 Å². The van der Waals surface area contributed by atoms with E-state index in [0.29, 0.717) is 18.7 Å². The van der Waals surface area contributed by atoms with E-state index in [2.05, 4.69) is 0 Å². The van der Waals surface area contributed by atoms with Crippen LogP contribution in [0.25, 0.3) is 0 Å². The van der Waals surface area contributed by atoms with Crippen LogP contribution in [-0.2, 0) is 21.2 Å². The van der Waals surface area contributed by atoms with Crippen molar-refractivity contribution in [2.75, 3.05) is 25.5 Å². The number of hydrogen-bond acceptors (Lipinski definition) is 4. The van der Waals surface area contributed by atoms with Crippen molar-refractivity contribution < 1.29 is 13.2 Å². The largest absolute Gasteiger partial charge is 0.324 e. The molecule has 6 nitrogen and oxygen atoms in total. The molecule has 8 heteroatoms. The quantitative estimate of drug-likeness (QED) is 0.821. The maximum Gasteiger partial charge on any atom is 0.242 e. The zero-order valence-electron chi connectivity index (χ0n) is 15.3. The van der Waals surface area contributed by atoms with Gasteiger partial charge in [0.25, 0.3) is 0 Å². The molecule has 1 aliphatic heterocycles. The van der Waals surface area contributed by atoms with Gasteiger partial charge in [0, 0.05) is 38.8 Å². The van der Waals surface area contributed by atoms with Crippen LogP contribution in [0.4, 0.5) is 5.69 Å². The van der Waals surface area contributed by atoms with Crippen molar-refractivity contribution in [1.82, 2.24) is 4.31 Å². The molecule has 0 bridgehead atoms. The number of carbonyl (C=O) groups is 1. The lowest BCUT2D eigenvalue weighted by atomic mass is 10.0. The van der Waals surface area contributed by atoms with Crippen LogP contribution in [0.15, 0.2) is 53.4 Å². The van der Waals surface area contributed by atoms with Crippen molar-refractivity contribution in [1.29, 1.82) is 0 Å². The second-order valence-electron chi connectivity index (χ2n) is 6.59. The summed E-state index contributed by atoms with van der Waals surface area (Å²) in [7, 11) is -0.562. The third kappa shape index (κ3) is 4.32. The first-order chi connectivity index (χ1) is 12.3. The Kier molecular flexibility index (Phi) is 6.64. The van der Waals surface area contributed by atoms with Crippen LogP contribution in [0.3, 0.4) is 0 Å². The average molecular weight is 410 g/mol. The van der Waals surface area contributed by atoms with Gasteiger partial charge in [-0.25, -0.2) is 12.7 Å². The smallest absolute Gasteiger partial charge is 0.242 e. The van der Waals surface area contributed by atoms with Crippen LogP contribution in [0, 0.1) is 0 Å². The fourth-order valence-electron chi connectivity index (χ4n) is 3.11. The van der Waals surface area contributed by atoms with Crippen LogP contribution < -0.4 is 10.6 Å². The van der Waals surface area contributed by atoms with Gasteiger partial charge in [-0.3, -0.25) is 4.79 Å². The molecule has 1 heterocycles. The van der Waals surface area contributed by atoms with Gasteiger partial charge < -0.3 is 10.6 Å². The first-order valence-electron chi connectivity index (χ1n) is 8.47. The fraction of sp³-hybridized carbons (Fsp3) is 0.316. The Morgan fingerprint density at radius 3 is 2.48 bits per heavy atom. The summed E-state index contributed by atoms with van der Waals surface area (Å²) in [5.74, 6) is -0.0977. The van der Waals surface area contributed by atoms with E-state index in [1.54, 1.807) is 23.1 Å². The summed E-state index contributed by atoms with van der Waals surface area (Å²) >= 11 is 0. The average Bonchev–Trinajstić information content (AvgIpc) is 3.05. The van der Waals surface area contributed by atoms with E-state index in [-0.39, 0.29) is 35.7 Å². The number of carbonyl (C=O) groups excluding carboxylic acids is 1. The lowest BCUT2D eigenvalue weighted by molar-refractivity contribution is -0.118. The van der Waals surface area contributed by atoms with Crippen LogP contribution in [0.2, 0.25) is 0 Å². The molecule has 1 aliphatic rings. The highest BCUT2D eigenvalue weighted by Crippen LogP contribution is 2.32. The van der Waals surface area contributed by atoms with E-state index >= 15 is 0 Å². The highest BCUT2D eigenvalue weighted by molar-refractivity contribution is 7.89. The minimum Gasteiger partial charge on any atom is -0.324 e. The van der Waals surface area contributed by atoms with Crippen molar-refractivity contribution >= 4 is 34.0 Å². The standard InChI is InChI=1S/C19H23N3O3S.ClH/c1-21(2)26(24,25)16-9-8-15-10-11-22(18(15)12-16)19(23)13-17(20)14-6-4-3-5-7-14;/h3-9,12,17H,10-11,13,20H2,1-2H3;1H. The first-order valence-corrected chi connectivity index (χ1v) is 9.91. The molecule has 0 saturated heterocycles. The van der Waals surface area contributed by atoms with Gasteiger partial charge in [0.2, 0.25) is 15.9 Å². The highest BCUT2D eigenvalue weighted by Gasteiger charge is 2.28. The fourth-order valence-corrected chi connectivity index (χ4v) is 4.03. The van der Waals surface area contributed by atoms with Gasteiger partial charge in [-0.15, -0.1) is 12.4 Å². The molecule has 146 valence electrons. The summed E-state index contributed by atoms with van der Waals surface area (Å²) in [6.45, 7) is 0.543. The van der Waals surface area contributed by atoms with Crippen molar-refractivity contribution in [3.8, 4) is 0 Å². The Bertz CT molecular complexity index is 917. The molecule has 0 fully saturated rings. The number of anilines is 1. The molecular formula is C19H24ClN3O3S. The molecule has 2 aromatic carbocycles. The molecule has 3 rings (SSSR count). The molecule has 0 saturated carbocycles. The summed E-state index contributed by atoms with van der Waals surface area (Å²) in [6.07, 6.45) is 0.887. The van der Waals surface area contributed by atoms with Gasteiger partial charge >= 0.3 is 0 Å². The SMILES string of the molecule is CN(C)S(=O)(=O)c1ccc2c(c1)N(C(=O)CC(N)c1ccccc1)CC2.Cl. The van der Waals surface area contributed by atoms with Gasteiger partial charge in [0.05, 0.1) is 4.90 Å². The Balaban J connectivity index is 0.00000261. The molecule has 0 radical (unpaired) electrons. The monoisotopic (exact) mass is 409 g/mol. The molecule has 0 spiro atoms. The Labute approximate surface area is 166 Å². The number of rotatable bonds is 5. The highest BCUT2D eigenvalue weighted by atomic mass is 35.5. The molecule has 2 aromatic rings. The number of hydrogen-bond donors (Lipinski definition) is 1. The molecule has 0 aliphatic carbocycles. The van der Waals surface area contributed by atoms with Crippen molar-refractivity contribution in [3.05, 3.63) is 59.7 Å². The summed E-state index contributed by atoms with van der Waals surface area (Å²) in [5, 5.41) is 0. The maximum atomic E-state index is 12.8. The predicted octanol–water partition coefficient (Wildman–Crippen LogP) is 2.34. The Morgan fingerprint density at radius 1 is 1.19 bits per heavy atom. The van der Waals surface area contributed by atoms with E-state index in [1.807, 2.05) is 30.3 Å². The lowest BCUT2D eigenvalue weighted by Crippen LogP contribution is -2.32. The number of nitrogens with zero attached hydrogens (tertiary/aromatic N) is 2. The van der Waals surface area contributed by atoms with E-state index in [9.17, 15) is 13.2 Å². The predicted molar refractivity (Wildman–Crippen MR) is 109 cm³/mol. The van der Waals surface area contributed by atoms with Crippen molar-refractivity contribution in [3.63, 3.8) is 0 Å². The van der Waals surface area contributed by atoms with Gasteiger partial charge in [-0.1, -0.05) is 36.4 Å². The summed E-state index contributed by atoms with van der Waals surface area (Å²) in [4.78, 5) is 14.6. The summed E-state index contributed by atoms with van der Waals surface area (Å²) in [5.41, 5.74) is 8.72. The number of nitrogens with two attached hydrogens (primary N) is 1. The van der Waals surface area contributed by atoms with Crippen LogP contribution >= 0.6 is 12.4 Å². The van der Waals surface area contributed by atoms with E-state index < -0.39 is 10.0 Å². The van der Waals surface area contributed by atoms with Crippen LogP contribution in [0.5, 0.6) is 0 Å². The van der Waals surface area contributed by atoms with Gasteiger partial charge in [0.1, 0.15) is 0 Å². The Morgan fingerprint density at radius 2 is 1.85 bits per heavy atom. The molecule has 1 amide bonds. The maximum absolute atomic E-state index is 12.8. The zero-order chi connectivity index (χ0) is 18.9. The normalized spacial score (nSPS) is 14.6. The number of benzene rings is 2. The minimum absolute atomic E-state index is 0. The van der Waals surface area contributed by atoms with Crippen LogP contribution in [-0.4, -0.2) is 39.3 Å². The van der Waals surface area contributed by atoms with Gasteiger partial charge in [0.15, 0.2) is 0 Å². The Hall–Kier alpha value is -1.93. The van der Waals surface area contributed by atoms with E-state index in [4.69, 9.17) is 5.73 Å². The van der Waals surface area contributed by atoms with E-state index in [1.165, 1.54) is 18.4 Å².